The van der Waals surface area contributed by atoms with Gasteiger partial charge in [-0.15, -0.1) is 0 Å². The summed E-state index contributed by atoms with van der Waals surface area (Å²) in [6.07, 6.45) is 10.1. The number of hydrogen-bond donors (Lipinski definition) is 1. The minimum Gasteiger partial charge on any atom is -0.348 e. The highest BCUT2D eigenvalue weighted by Gasteiger charge is 2.23. The van der Waals surface area contributed by atoms with E-state index in [1.54, 1.807) is 17.1 Å². The molecule has 2 aromatic carbocycles. The first kappa shape index (κ1) is 20.0. The van der Waals surface area contributed by atoms with Gasteiger partial charge in [-0.05, 0) is 58.9 Å². The molecular formula is C26H22ClN5O. The lowest BCUT2D eigenvalue weighted by molar-refractivity contribution is 0.0951. The quantitative estimate of drug-likeness (QED) is 0.383. The molecule has 1 aliphatic rings. The molecule has 1 aliphatic carbocycles. The van der Waals surface area contributed by atoms with Crippen LogP contribution in [-0.2, 0) is 13.1 Å². The molecule has 0 unspecified atom stereocenters. The normalized spacial score (nSPS) is 13.6. The van der Waals surface area contributed by atoms with E-state index in [-0.39, 0.29) is 5.91 Å². The van der Waals surface area contributed by atoms with Gasteiger partial charge in [-0.2, -0.15) is 5.10 Å². The molecule has 5 aromatic rings. The van der Waals surface area contributed by atoms with E-state index in [0.717, 1.165) is 27.7 Å². The second kappa shape index (κ2) is 8.05. The Morgan fingerprint density at radius 1 is 1.09 bits per heavy atom. The molecule has 0 aliphatic heterocycles. The Hall–Kier alpha value is -3.64. The van der Waals surface area contributed by atoms with Crippen molar-refractivity contribution in [1.29, 1.82) is 0 Å². The molecule has 33 heavy (non-hydrogen) atoms. The average molecular weight is 456 g/mol. The third-order valence-electron chi connectivity index (χ3n) is 6.17. The third-order valence-corrected chi connectivity index (χ3v) is 6.40. The first-order chi connectivity index (χ1) is 16.1. The van der Waals surface area contributed by atoms with Crippen LogP contribution in [0, 0.1) is 0 Å². The maximum Gasteiger partial charge on any atom is 0.254 e. The van der Waals surface area contributed by atoms with Crippen LogP contribution in [0.15, 0.2) is 73.3 Å². The standard InChI is InChI=1S/C26H22ClN5O/c27-22-8-6-18-2-1-3-19(24(18)10-22)11-28-26(33)21-12-29-32(14-21)16-23-15-31-13-20(17-4-5-17)7-9-25(31)30-23/h1-3,6-10,12-15,17H,4-5,11,16H2,(H,28,33). The van der Waals surface area contributed by atoms with E-state index < -0.39 is 0 Å². The van der Waals surface area contributed by atoms with Gasteiger partial charge >= 0.3 is 0 Å². The number of carbonyl (C=O) groups excluding carboxylic acids is 1. The lowest BCUT2D eigenvalue weighted by Crippen LogP contribution is -2.22. The highest BCUT2D eigenvalue weighted by Crippen LogP contribution is 2.39. The number of halogens is 1. The lowest BCUT2D eigenvalue weighted by Gasteiger charge is -2.08. The van der Waals surface area contributed by atoms with Gasteiger partial charge in [0.25, 0.3) is 5.91 Å². The van der Waals surface area contributed by atoms with Gasteiger partial charge in [0.05, 0.1) is 24.0 Å². The highest BCUT2D eigenvalue weighted by atomic mass is 35.5. The number of pyridine rings is 1. The number of amides is 1. The lowest BCUT2D eigenvalue weighted by atomic mass is 10.0. The van der Waals surface area contributed by atoms with Crippen LogP contribution in [0.2, 0.25) is 5.02 Å². The highest BCUT2D eigenvalue weighted by molar-refractivity contribution is 6.31. The first-order valence-electron chi connectivity index (χ1n) is 11.1. The fourth-order valence-corrected chi connectivity index (χ4v) is 4.44. The molecule has 6 rings (SSSR count). The number of imidazole rings is 1. The van der Waals surface area contributed by atoms with E-state index in [9.17, 15) is 4.79 Å². The van der Waals surface area contributed by atoms with Crippen LogP contribution in [0.25, 0.3) is 16.4 Å². The van der Waals surface area contributed by atoms with Crippen molar-refractivity contribution >= 4 is 33.9 Å². The van der Waals surface area contributed by atoms with Crippen molar-refractivity contribution < 1.29 is 4.79 Å². The number of nitrogens with one attached hydrogen (secondary N) is 1. The van der Waals surface area contributed by atoms with Crippen molar-refractivity contribution in [2.45, 2.75) is 31.8 Å². The van der Waals surface area contributed by atoms with Gasteiger partial charge in [0.1, 0.15) is 5.65 Å². The van der Waals surface area contributed by atoms with E-state index in [4.69, 9.17) is 11.6 Å². The van der Waals surface area contributed by atoms with Crippen molar-refractivity contribution in [2.75, 3.05) is 0 Å². The van der Waals surface area contributed by atoms with E-state index in [0.29, 0.717) is 29.6 Å². The molecule has 0 spiro atoms. The SMILES string of the molecule is O=C(NCc1cccc2ccc(Cl)cc12)c1cnn(Cc2cn3cc(C4CC4)ccc3n2)c1. The van der Waals surface area contributed by atoms with Gasteiger partial charge in [0, 0.05) is 30.2 Å². The Bertz CT molecular complexity index is 1500. The fraction of sp³-hybridized carbons (Fsp3) is 0.192. The molecule has 0 bridgehead atoms. The van der Waals surface area contributed by atoms with Crippen LogP contribution in [0.1, 0.15) is 45.9 Å². The molecule has 0 atom stereocenters. The van der Waals surface area contributed by atoms with Gasteiger partial charge < -0.3 is 9.72 Å². The van der Waals surface area contributed by atoms with Crippen LogP contribution in [0.4, 0.5) is 0 Å². The van der Waals surface area contributed by atoms with E-state index in [1.807, 2.05) is 42.6 Å². The van der Waals surface area contributed by atoms with E-state index >= 15 is 0 Å². The molecule has 6 nitrogen and oxygen atoms in total. The molecule has 1 saturated carbocycles. The Balaban J connectivity index is 1.14. The maximum atomic E-state index is 12.7. The molecule has 0 saturated heterocycles. The van der Waals surface area contributed by atoms with Crippen molar-refractivity contribution in [1.82, 2.24) is 24.5 Å². The summed E-state index contributed by atoms with van der Waals surface area (Å²) in [5, 5.41) is 10.2. The second-order valence-corrected chi connectivity index (χ2v) is 9.06. The number of nitrogens with zero attached hydrogens (tertiary/aromatic N) is 4. The van der Waals surface area contributed by atoms with E-state index in [1.165, 1.54) is 18.4 Å². The zero-order valence-electron chi connectivity index (χ0n) is 17.9. The maximum absolute atomic E-state index is 12.7. The summed E-state index contributed by atoms with van der Waals surface area (Å²) in [7, 11) is 0. The Morgan fingerprint density at radius 2 is 2.00 bits per heavy atom. The summed E-state index contributed by atoms with van der Waals surface area (Å²) in [6, 6.07) is 16.0. The molecule has 164 valence electrons. The predicted octanol–water partition coefficient (Wildman–Crippen LogP) is 5.19. The van der Waals surface area contributed by atoms with Gasteiger partial charge in [0.2, 0.25) is 0 Å². The third kappa shape index (κ3) is 4.10. The van der Waals surface area contributed by atoms with Crippen molar-refractivity contribution in [3.05, 3.63) is 101 Å². The Kier molecular flexibility index (Phi) is 4.88. The smallest absolute Gasteiger partial charge is 0.254 e. The fourth-order valence-electron chi connectivity index (χ4n) is 4.27. The number of fused-ring (bicyclic) bond motifs is 2. The molecule has 3 heterocycles. The van der Waals surface area contributed by atoms with Gasteiger partial charge in [0.15, 0.2) is 0 Å². The number of benzene rings is 2. The zero-order valence-corrected chi connectivity index (χ0v) is 18.7. The summed E-state index contributed by atoms with van der Waals surface area (Å²) in [4.78, 5) is 17.4. The molecule has 1 N–H and O–H groups in total. The number of aromatic nitrogens is 4. The molecule has 1 amide bonds. The van der Waals surface area contributed by atoms with Crippen molar-refractivity contribution in [3.63, 3.8) is 0 Å². The van der Waals surface area contributed by atoms with Gasteiger partial charge in [-0.3, -0.25) is 9.48 Å². The van der Waals surface area contributed by atoms with E-state index in [2.05, 4.69) is 38.1 Å². The Labute approximate surface area is 195 Å². The minimum absolute atomic E-state index is 0.163. The van der Waals surface area contributed by atoms with Gasteiger partial charge in [-0.25, -0.2) is 4.98 Å². The van der Waals surface area contributed by atoms with Crippen LogP contribution in [-0.4, -0.2) is 25.1 Å². The summed E-state index contributed by atoms with van der Waals surface area (Å²) < 4.78 is 3.83. The monoisotopic (exact) mass is 455 g/mol. The first-order valence-corrected chi connectivity index (χ1v) is 11.5. The summed E-state index contributed by atoms with van der Waals surface area (Å²) in [5.74, 6) is 0.544. The van der Waals surface area contributed by atoms with Crippen LogP contribution in [0.5, 0.6) is 0 Å². The Morgan fingerprint density at radius 3 is 2.88 bits per heavy atom. The molecule has 0 radical (unpaired) electrons. The zero-order chi connectivity index (χ0) is 22.4. The van der Waals surface area contributed by atoms with Crippen molar-refractivity contribution in [2.24, 2.45) is 0 Å². The summed E-state index contributed by atoms with van der Waals surface area (Å²) in [5.41, 5.74) is 4.75. The van der Waals surface area contributed by atoms with Crippen LogP contribution in [0.3, 0.4) is 0 Å². The minimum atomic E-state index is -0.163. The van der Waals surface area contributed by atoms with Gasteiger partial charge in [-0.1, -0.05) is 41.9 Å². The number of rotatable bonds is 6. The van der Waals surface area contributed by atoms with Crippen molar-refractivity contribution in [3.8, 4) is 0 Å². The second-order valence-electron chi connectivity index (χ2n) is 8.63. The average Bonchev–Trinajstić information content (AvgIpc) is 3.43. The van der Waals surface area contributed by atoms with Crippen LogP contribution < -0.4 is 5.32 Å². The molecular weight excluding hydrogens is 434 g/mol. The topological polar surface area (TPSA) is 64.2 Å². The summed E-state index contributed by atoms with van der Waals surface area (Å²) >= 11 is 6.16. The largest absolute Gasteiger partial charge is 0.348 e. The molecule has 3 aromatic heterocycles. The predicted molar refractivity (Wildman–Crippen MR) is 129 cm³/mol. The number of carbonyl (C=O) groups is 1. The molecule has 1 fully saturated rings. The summed E-state index contributed by atoms with van der Waals surface area (Å²) in [6.45, 7) is 0.924. The number of hydrogen-bond acceptors (Lipinski definition) is 3. The van der Waals surface area contributed by atoms with Crippen LogP contribution >= 0.6 is 11.6 Å². The molecule has 7 heteroatoms.